The fourth-order valence-electron chi connectivity index (χ4n) is 1.71. The number of epoxide rings is 1. The molecule has 0 bridgehead atoms. The molecule has 1 nitrogen and oxygen atoms in total. The van der Waals surface area contributed by atoms with Crippen LogP contribution in [0.2, 0.25) is 0 Å². The molecule has 2 rings (SSSR count). The molecule has 1 heterocycles. The molecule has 1 saturated heterocycles. The molecule has 0 aromatic rings. The van der Waals surface area contributed by atoms with Crippen molar-refractivity contribution in [2.75, 3.05) is 6.61 Å². The summed E-state index contributed by atoms with van der Waals surface area (Å²) in [5, 5.41) is 0. The Bertz CT molecular complexity index is 294. The van der Waals surface area contributed by atoms with Crippen molar-refractivity contribution in [2.45, 2.75) is 12.5 Å². The first-order chi connectivity index (χ1) is 6.30. The number of hydrogen-bond donors (Lipinski definition) is 0. The molecule has 1 aliphatic heterocycles. The summed E-state index contributed by atoms with van der Waals surface area (Å²) in [5.74, 6) is 0. The lowest BCUT2D eigenvalue weighted by molar-refractivity contribution is 0.305. The molecule has 0 radical (unpaired) electrons. The second-order valence-corrected chi connectivity index (χ2v) is 3.58. The van der Waals surface area contributed by atoms with Crippen LogP contribution in [0.5, 0.6) is 0 Å². The minimum absolute atomic E-state index is 0.0481. The average Bonchev–Trinajstić information content (AvgIpc) is 3.02. The Morgan fingerprint density at radius 1 is 1.54 bits per heavy atom. The molecule has 1 aliphatic carbocycles. The maximum absolute atomic E-state index is 5.33. The molecule has 0 N–H and O–H groups in total. The summed E-state index contributed by atoms with van der Waals surface area (Å²) in [4.78, 5) is 0. The Morgan fingerprint density at radius 2 is 2.31 bits per heavy atom. The van der Waals surface area contributed by atoms with Crippen molar-refractivity contribution >= 4 is 0 Å². The van der Waals surface area contributed by atoms with E-state index in [-0.39, 0.29) is 5.41 Å². The van der Waals surface area contributed by atoms with Gasteiger partial charge in [-0.2, -0.15) is 0 Å². The second kappa shape index (κ2) is 3.00. The highest BCUT2D eigenvalue weighted by Crippen LogP contribution is 2.41. The van der Waals surface area contributed by atoms with Crippen molar-refractivity contribution in [3.63, 3.8) is 0 Å². The van der Waals surface area contributed by atoms with Crippen LogP contribution in [-0.4, -0.2) is 12.7 Å². The molecular formula is C12H14O. The van der Waals surface area contributed by atoms with Crippen LogP contribution < -0.4 is 0 Å². The fourth-order valence-corrected chi connectivity index (χ4v) is 1.71. The van der Waals surface area contributed by atoms with Crippen molar-refractivity contribution in [2.24, 2.45) is 5.41 Å². The van der Waals surface area contributed by atoms with E-state index in [1.165, 1.54) is 5.57 Å². The van der Waals surface area contributed by atoms with Gasteiger partial charge in [0.25, 0.3) is 0 Å². The van der Waals surface area contributed by atoms with Gasteiger partial charge >= 0.3 is 0 Å². The molecule has 2 atom stereocenters. The normalized spacial score (nSPS) is 36.6. The molecule has 1 heteroatoms. The Hall–Kier alpha value is -1.08. The van der Waals surface area contributed by atoms with E-state index in [4.69, 9.17) is 4.74 Å². The van der Waals surface area contributed by atoms with Gasteiger partial charge in [-0.1, -0.05) is 37.0 Å². The van der Waals surface area contributed by atoms with Crippen LogP contribution >= 0.6 is 0 Å². The number of hydrogen-bond acceptors (Lipinski definition) is 1. The van der Waals surface area contributed by atoms with Crippen molar-refractivity contribution in [3.8, 4) is 0 Å². The van der Waals surface area contributed by atoms with Crippen molar-refractivity contribution in [1.82, 2.24) is 0 Å². The molecule has 13 heavy (non-hydrogen) atoms. The fraction of sp³-hybridized carbons (Fsp3) is 0.333. The minimum atomic E-state index is 0.0481. The van der Waals surface area contributed by atoms with E-state index in [0.717, 1.165) is 13.0 Å². The zero-order valence-corrected chi connectivity index (χ0v) is 7.70. The quantitative estimate of drug-likeness (QED) is 0.473. The zero-order chi connectivity index (χ0) is 9.31. The third-order valence-corrected chi connectivity index (χ3v) is 2.83. The van der Waals surface area contributed by atoms with Crippen LogP contribution in [0, 0.1) is 5.41 Å². The summed E-state index contributed by atoms with van der Waals surface area (Å²) in [6.07, 6.45) is 11.7. The molecule has 2 unspecified atom stereocenters. The van der Waals surface area contributed by atoms with Gasteiger partial charge in [0.1, 0.15) is 0 Å². The molecule has 0 aromatic carbocycles. The SMILES string of the molecule is C=CC1=CCC(C=C)(C2CO2)C=C1. The molecular weight excluding hydrogens is 160 g/mol. The van der Waals surface area contributed by atoms with Crippen LogP contribution in [0.25, 0.3) is 0 Å². The first-order valence-electron chi connectivity index (χ1n) is 4.58. The van der Waals surface area contributed by atoms with E-state index in [9.17, 15) is 0 Å². The number of ether oxygens (including phenoxy) is 1. The van der Waals surface area contributed by atoms with Gasteiger partial charge in [0.2, 0.25) is 0 Å². The third-order valence-electron chi connectivity index (χ3n) is 2.83. The highest BCUT2D eigenvalue weighted by Gasteiger charge is 2.42. The standard InChI is InChI=1S/C12H14O/c1-3-10-5-7-12(4-2,8-6-10)11-9-13-11/h3-7,11H,1-2,8-9H2. The second-order valence-electron chi connectivity index (χ2n) is 3.58. The van der Waals surface area contributed by atoms with E-state index in [2.05, 4.69) is 31.4 Å². The molecule has 68 valence electrons. The van der Waals surface area contributed by atoms with Gasteiger partial charge in [-0.3, -0.25) is 0 Å². The largest absolute Gasteiger partial charge is 0.372 e. The van der Waals surface area contributed by atoms with Crippen molar-refractivity contribution < 1.29 is 4.74 Å². The predicted octanol–water partition coefficient (Wildman–Crippen LogP) is 2.63. The van der Waals surface area contributed by atoms with E-state index < -0.39 is 0 Å². The maximum Gasteiger partial charge on any atom is 0.0937 e. The van der Waals surface area contributed by atoms with E-state index >= 15 is 0 Å². The van der Waals surface area contributed by atoms with E-state index in [1.807, 2.05) is 12.2 Å². The molecule has 2 aliphatic rings. The lowest BCUT2D eigenvalue weighted by Crippen LogP contribution is -2.23. The van der Waals surface area contributed by atoms with Crippen LogP contribution in [0.3, 0.4) is 0 Å². The van der Waals surface area contributed by atoms with E-state index in [1.54, 1.807) is 0 Å². The highest BCUT2D eigenvalue weighted by molar-refractivity contribution is 5.37. The highest BCUT2D eigenvalue weighted by atomic mass is 16.6. The first kappa shape index (κ1) is 8.52. The van der Waals surface area contributed by atoms with Gasteiger partial charge in [-0.05, 0) is 12.0 Å². The Kier molecular flexibility index (Phi) is 1.97. The number of allylic oxidation sites excluding steroid dienone is 4. The summed E-state index contributed by atoms with van der Waals surface area (Å²) >= 11 is 0. The smallest absolute Gasteiger partial charge is 0.0937 e. The van der Waals surface area contributed by atoms with Gasteiger partial charge in [0, 0.05) is 5.41 Å². The molecule has 0 spiro atoms. The monoisotopic (exact) mass is 174 g/mol. The third kappa shape index (κ3) is 1.40. The lowest BCUT2D eigenvalue weighted by atomic mass is 9.77. The van der Waals surface area contributed by atoms with Gasteiger partial charge in [0.05, 0.1) is 12.7 Å². The van der Waals surface area contributed by atoms with Crippen LogP contribution in [0.1, 0.15) is 6.42 Å². The number of rotatable bonds is 3. The van der Waals surface area contributed by atoms with Gasteiger partial charge in [0.15, 0.2) is 0 Å². The Morgan fingerprint density at radius 3 is 2.69 bits per heavy atom. The Labute approximate surface area is 79.1 Å². The topological polar surface area (TPSA) is 12.5 Å². The first-order valence-corrected chi connectivity index (χ1v) is 4.58. The predicted molar refractivity (Wildman–Crippen MR) is 54.4 cm³/mol. The van der Waals surface area contributed by atoms with Crippen LogP contribution in [0.4, 0.5) is 0 Å². The van der Waals surface area contributed by atoms with Crippen molar-refractivity contribution in [1.29, 1.82) is 0 Å². The molecule has 1 fully saturated rings. The molecule has 0 saturated carbocycles. The van der Waals surface area contributed by atoms with E-state index in [0.29, 0.717) is 6.10 Å². The summed E-state index contributed by atoms with van der Waals surface area (Å²) in [6, 6.07) is 0. The van der Waals surface area contributed by atoms with Gasteiger partial charge < -0.3 is 4.74 Å². The van der Waals surface area contributed by atoms with Crippen LogP contribution in [0.15, 0.2) is 49.1 Å². The van der Waals surface area contributed by atoms with Gasteiger partial charge in [-0.15, -0.1) is 6.58 Å². The summed E-state index contributed by atoms with van der Waals surface area (Å²) < 4.78 is 5.33. The summed E-state index contributed by atoms with van der Waals surface area (Å²) in [7, 11) is 0. The molecule has 0 amide bonds. The molecule has 0 aromatic heterocycles. The van der Waals surface area contributed by atoms with Gasteiger partial charge in [-0.25, -0.2) is 0 Å². The van der Waals surface area contributed by atoms with Crippen LogP contribution in [-0.2, 0) is 4.74 Å². The zero-order valence-electron chi connectivity index (χ0n) is 7.70. The maximum atomic E-state index is 5.33. The summed E-state index contributed by atoms with van der Waals surface area (Å²) in [5.41, 5.74) is 1.24. The lowest BCUT2D eigenvalue weighted by Gasteiger charge is -2.26. The summed E-state index contributed by atoms with van der Waals surface area (Å²) in [6.45, 7) is 8.49. The minimum Gasteiger partial charge on any atom is -0.372 e. The van der Waals surface area contributed by atoms with Crippen molar-refractivity contribution in [3.05, 3.63) is 49.1 Å². The Balaban J connectivity index is 2.19. The average molecular weight is 174 g/mol.